The van der Waals surface area contributed by atoms with Gasteiger partial charge < -0.3 is 15.7 Å². The number of aliphatic imine (C=N–C) groups is 1. The molecule has 2 unspecified atom stereocenters. The number of nitrogens with one attached hydrogen (secondary N) is 2. The minimum Gasteiger partial charge on any atom is -0.382 e. The van der Waals surface area contributed by atoms with E-state index in [-0.39, 0.29) is 34.7 Å². The smallest absolute Gasteiger partial charge is 0.382 e. The average Bonchev–Trinajstić information content (AvgIpc) is 2.75. The van der Waals surface area contributed by atoms with Crippen molar-refractivity contribution in [3.05, 3.63) is 0 Å². The summed E-state index contributed by atoms with van der Waals surface area (Å²) in [5, 5.41) is 14.4. The Morgan fingerprint density at radius 1 is 1.45 bits per heavy atom. The van der Waals surface area contributed by atoms with Gasteiger partial charge in [0, 0.05) is 18.3 Å². The summed E-state index contributed by atoms with van der Waals surface area (Å²) in [5.74, 6) is 1.38. The Balaban J connectivity index is 0.00000361. The highest BCUT2D eigenvalue weighted by Gasteiger charge is 2.38. The van der Waals surface area contributed by atoms with Crippen LogP contribution in [0.4, 0.5) is 13.2 Å². The van der Waals surface area contributed by atoms with Crippen molar-refractivity contribution in [2.75, 3.05) is 25.9 Å². The molecule has 0 aromatic rings. The van der Waals surface area contributed by atoms with Crippen molar-refractivity contribution in [3.63, 3.8) is 0 Å². The summed E-state index contributed by atoms with van der Waals surface area (Å²) in [6, 6.07) is 0. The van der Waals surface area contributed by atoms with Crippen molar-refractivity contribution in [1.82, 2.24) is 10.6 Å². The summed E-state index contributed by atoms with van der Waals surface area (Å²) in [5.41, 5.74) is 0. The van der Waals surface area contributed by atoms with Gasteiger partial charge in [0.1, 0.15) is 0 Å². The summed E-state index contributed by atoms with van der Waals surface area (Å²) in [6.45, 7) is 2.15. The highest BCUT2D eigenvalue weighted by atomic mass is 127. The van der Waals surface area contributed by atoms with Crippen LogP contribution in [0.3, 0.4) is 0 Å². The number of halogens is 4. The van der Waals surface area contributed by atoms with E-state index in [1.807, 2.05) is 11.8 Å². The molecule has 1 saturated heterocycles. The van der Waals surface area contributed by atoms with Gasteiger partial charge in [-0.1, -0.05) is 0 Å². The van der Waals surface area contributed by atoms with Gasteiger partial charge in [-0.05, 0) is 25.5 Å². The molecule has 1 heterocycles. The highest BCUT2D eigenvalue weighted by Crippen LogP contribution is 2.36. The molecule has 0 aromatic carbocycles. The van der Waals surface area contributed by atoms with Crippen LogP contribution >= 0.6 is 35.7 Å². The highest BCUT2D eigenvalue weighted by molar-refractivity contribution is 14.0. The number of nitrogens with zero attached hydrogens (tertiary/aromatic N) is 1. The molecule has 0 saturated carbocycles. The predicted octanol–water partition coefficient (Wildman–Crippen LogP) is 1.98. The molecular formula is C11H21F3IN3OS. The second-order valence-electron chi connectivity index (χ2n) is 4.77. The second kappa shape index (κ2) is 8.52. The minimum absolute atomic E-state index is 0. The molecule has 0 spiro atoms. The summed E-state index contributed by atoms with van der Waals surface area (Å²) in [7, 11) is 1.49. The standard InChI is InChI=1S/C11H20F3N3OS.HI/c1-10(4-3-5-19-10)7-17-9(15-2)16-6-8(18)11(12,13)14;/h8,18H,3-7H2,1-2H3,(H2,15,16,17);1H. The number of aliphatic hydroxyl groups is 1. The first-order valence-corrected chi connectivity index (χ1v) is 7.09. The van der Waals surface area contributed by atoms with Gasteiger partial charge in [0.05, 0.1) is 6.54 Å². The fourth-order valence-electron chi connectivity index (χ4n) is 1.78. The topological polar surface area (TPSA) is 56.7 Å². The number of alkyl halides is 3. The van der Waals surface area contributed by atoms with Gasteiger partial charge in [-0.3, -0.25) is 4.99 Å². The number of aliphatic hydroxyl groups excluding tert-OH is 1. The third-order valence-corrected chi connectivity index (χ3v) is 4.53. The number of thioether (sulfide) groups is 1. The first kappa shape index (κ1) is 20.1. The lowest BCUT2D eigenvalue weighted by atomic mass is 10.1. The van der Waals surface area contributed by atoms with Crippen LogP contribution in [0.5, 0.6) is 0 Å². The monoisotopic (exact) mass is 427 g/mol. The van der Waals surface area contributed by atoms with E-state index in [1.54, 1.807) is 0 Å². The number of guanidine groups is 1. The van der Waals surface area contributed by atoms with E-state index in [1.165, 1.54) is 7.05 Å². The van der Waals surface area contributed by atoms with Crippen molar-refractivity contribution < 1.29 is 18.3 Å². The van der Waals surface area contributed by atoms with Gasteiger partial charge in [-0.25, -0.2) is 0 Å². The van der Waals surface area contributed by atoms with Crippen molar-refractivity contribution >= 4 is 41.7 Å². The Bertz CT molecular complexity index is 323. The molecule has 120 valence electrons. The quantitative estimate of drug-likeness (QED) is 0.365. The SMILES string of the molecule is CN=C(NCC(O)C(F)(F)F)NCC1(C)CCCS1.I. The summed E-state index contributed by atoms with van der Waals surface area (Å²) >= 11 is 1.85. The van der Waals surface area contributed by atoms with Crippen molar-refractivity contribution in [2.45, 2.75) is 36.8 Å². The molecule has 0 aliphatic carbocycles. The Hall–Kier alpha value is 0.1000. The van der Waals surface area contributed by atoms with Crippen LogP contribution in [-0.2, 0) is 0 Å². The second-order valence-corrected chi connectivity index (χ2v) is 6.45. The number of hydrogen-bond acceptors (Lipinski definition) is 3. The van der Waals surface area contributed by atoms with E-state index in [0.717, 1.165) is 18.6 Å². The minimum atomic E-state index is -4.61. The zero-order valence-corrected chi connectivity index (χ0v) is 14.6. The Morgan fingerprint density at radius 2 is 2.10 bits per heavy atom. The van der Waals surface area contributed by atoms with Gasteiger partial charge >= 0.3 is 6.18 Å². The molecule has 2 atom stereocenters. The maximum absolute atomic E-state index is 12.1. The lowest BCUT2D eigenvalue weighted by molar-refractivity contribution is -0.201. The molecule has 20 heavy (non-hydrogen) atoms. The lowest BCUT2D eigenvalue weighted by Gasteiger charge is -2.25. The first-order chi connectivity index (χ1) is 8.77. The Morgan fingerprint density at radius 3 is 2.55 bits per heavy atom. The first-order valence-electron chi connectivity index (χ1n) is 6.10. The van der Waals surface area contributed by atoms with Crippen LogP contribution in [0.1, 0.15) is 19.8 Å². The molecule has 3 N–H and O–H groups in total. The third kappa shape index (κ3) is 6.70. The maximum atomic E-state index is 12.1. The predicted molar refractivity (Wildman–Crippen MR) is 86.9 cm³/mol. The van der Waals surface area contributed by atoms with Crippen LogP contribution in [0.2, 0.25) is 0 Å². The van der Waals surface area contributed by atoms with E-state index in [0.29, 0.717) is 6.54 Å². The van der Waals surface area contributed by atoms with Gasteiger partial charge in [-0.2, -0.15) is 24.9 Å². The maximum Gasteiger partial charge on any atom is 0.416 e. The summed E-state index contributed by atoms with van der Waals surface area (Å²) in [6.07, 6.45) is -4.77. The molecule has 1 fully saturated rings. The normalized spacial score (nSPS) is 25.0. The molecule has 9 heteroatoms. The average molecular weight is 427 g/mol. The van der Waals surface area contributed by atoms with Gasteiger partial charge in [0.15, 0.2) is 12.1 Å². The molecule has 4 nitrogen and oxygen atoms in total. The molecule has 1 aliphatic heterocycles. The van der Waals surface area contributed by atoms with E-state index in [2.05, 4.69) is 22.5 Å². The van der Waals surface area contributed by atoms with Crippen LogP contribution < -0.4 is 10.6 Å². The Labute approximate surface area is 138 Å². The fraction of sp³-hybridized carbons (Fsp3) is 0.909. The van der Waals surface area contributed by atoms with Crippen molar-refractivity contribution in [3.8, 4) is 0 Å². The van der Waals surface area contributed by atoms with Gasteiger partial charge in [0.2, 0.25) is 0 Å². The number of rotatable bonds is 4. The zero-order valence-electron chi connectivity index (χ0n) is 11.5. The summed E-state index contributed by atoms with van der Waals surface area (Å²) in [4.78, 5) is 3.84. The largest absolute Gasteiger partial charge is 0.416 e. The van der Waals surface area contributed by atoms with Crippen LogP contribution in [0.25, 0.3) is 0 Å². The number of hydrogen-bond donors (Lipinski definition) is 3. The molecule has 0 bridgehead atoms. The van der Waals surface area contributed by atoms with Crippen LogP contribution in [-0.4, -0.2) is 54.0 Å². The molecule has 0 amide bonds. The lowest BCUT2D eigenvalue weighted by Crippen LogP contribution is -2.48. The molecule has 1 aliphatic rings. The molecular weight excluding hydrogens is 406 g/mol. The van der Waals surface area contributed by atoms with E-state index in [9.17, 15) is 13.2 Å². The zero-order chi connectivity index (χ0) is 14.5. The molecule has 0 aromatic heterocycles. The van der Waals surface area contributed by atoms with Crippen LogP contribution in [0, 0.1) is 0 Å². The van der Waals surface area contributed by atoms with Gasteiger partial charge in [0.25, 0.3) is 0 Å². The third-order valence-electron chi connectivity index (χ3n) is 2.99. The van der Waals surface area contributed by atoms with E-state index in [4.69, 9.17) is 5.11 Å². The van der Waals surface area contributed by atoms with Crippen molar-refractivity contribution in [2.24, 2.45) is 4.99 Å². The Kier molecular flexibility index (Phi) is 8.56. The molecule has 0 radical (unpaired) electrons. The van der Waals surface area contributed by atoms with Crippen LogP contribution in [0.15, 0.2) is 4.99 Å². The van der Waals surface area contributed by atoms with Crippen molar-refractivity contribution in [1.29, 1.82) is 0 Å². The van der Waals surface area contributed by atoms with E-state index < -0.39 is 18.8 Å². The summed E-state index contributed by atoms with van der Waals surface area (Å²) < 4.78 is 36.5. The van der Waals surface area contributed by atoms with E-state index >= 15 is 0 Å². The van der Waals surface area contributed by atoms with Gasteiger partial charge in [-0.15, -0.1) is 24.0 Å². The fourth-order valence-corrected chi connectivity index (χ4v) is 3.02. The molecule has 1 rings (SSSR count).